The van der Waals surface area contributed by atoms with Gasteiger partial charge in [0.05, 0.1) is 16.5 Å². The standard InChI is InChI=1S/C23H25F3N4O/c24-23(25,26)16-5-7-17(8-6-16)28-18-9-13-30(14-10-18)12-2-3-19-15-21-20(22(31)29-19)4-1-11-27-21/h1,4-8,11,15,18,28H,2-3,9-10,12-14H2,(H,29,31). The number of nitrogens with one attached hydrogen (secondary N) is 2. The number of anilines is 1. The molecule has 8 heteroatoms. The number of aryl methyl sites for hydroxylation is 1. The summed E-state index contributed by atoms with van der Waals surface area (Å²) in [4.78, 5) is 21.7. The highest BCUT2D eigenvalue weighted by molar-refractivity contribution is 5.77. The lowest BCUT2D eigenvalue weighted by atomic mass is 10.0. The fourth-order valence-corrected chi connectivity index (χ4v) is 4.06. The maximum Gasteiger partial charge on any atom is 0.416 e. The van der Waals surface area contributed by atoms with E-state index in [4.69, 9.17) is 0 Å². The van der Waals surface area contributed by atoms with Crippen molar-refractivity contribution in [3.63, 3.8) is 0 Å². The van der Waals surface area contributed by atoms with Crippen molar-refractivity contribution in [3.8, 4) is 0 Å². The van der Waals surface area contributed by atoms with Crippen molar-refractivity contribution in [2.24, 2.45) is 0 Å². The van der Waals surface area contributed by atoms with Crippen LogP contribution >= 0.6 is 0 Å². The lowest BCUT2D eigenvalue weighted by Gasteiger charge is -2.33. The maximum absolute atomic E-state index is 12.7. The number of aromatic amines is 1. The Hall–Kier alpha value is -2.87. The van der Waals surface area contributed by atoms with Crippen LogP contribution in [-0.4, -0.2) is 40.5 Å². The summed E-state index contributed by atoms with van der Waals surface area (Å²) in [6.45, 7) is 2.82. The smallest absolute Gasteiger partial charge is 0.382 e. The number of hydrogen-bond donors (Lipinski definition) is 2. The van der Waals surface area contributed by atoms with Gasteiger partial charge in [0.1, 0.15) is 0 Å². The summed E-state index contributed by atoms with van der Waals surface area (Å²) in [5.41, 5.74) is 1.61. The highest BCUT2D eigenvalue weighted by Gasteiger charge is 2.30. The molecule has 0 spiro atoms. The Morgan fingerprint density at radius 2 is 1.87 bits per heavy atom. The fraction of sp³-hybridized carbons (Fsp3) is 0.391. The van der Waals surface area contributed by atoms with Crippen LogP contribution in [0.25, 0.3) is 10.9 Å². The summed E-state index contributed by atoms with van der Waals surface area (Å²) in [5.74, 6) is 0. The zero-order chi connectivity index (χ0) is 21.8. The molecular formula is C23H25F3N4O. The second kappa shape index (κ2) is 9.09. The van der Waals surface area contributed by atoms with Crippen LogP contribution in [0.2, 0.25) is 0 Å². The molecule has 5 nitrogen and oxygen atoms in total. The molecule has 0 atom stereocenters. The average molecular weight is 430 g/mol. The Balaban J connectivity index is 1.22. The van der Waals surface area contributed by atoms with Crippen molar-refractivity contribution in [2.75, 3.05) is 25.0 Å². The van der Waals surface area contributed by atoms with Gasteiger partial charge in [-0.3, -0.25) is 9.78 Å². The second-order valence-electron chi connectivity index (χ2n) is 8.00. The molecule has 2 N–H and O–H groups in total. The third kappa shape index (κ3) is 5.44. The zero-order valence-electron chi connectivity index (χ0n) is 17.1. The van der Waals surface area contributed by atoms with Crippen LogP contribution in [0.3, 0.4) is 0 Å². The Bertz CT molecular complexity index is 1070. The van der Waals surface area contributed by atoms with Crippen LogP contribution in [0.4, 0.5) is 18.9 Å². The van der Waals surface area contributed by atoms with Crippen LogP contribution in [0.15, 0.2) is 53.5 Å². The summed E-state index contributed by atoms with van der Waals surface area (Å²) in [6.07, 6.45) is 0.987. The largest absolute Gasteiger partial charge is 0.416 e. The van der Waals surface area contributed by atoms with E-state index in [2.05, 4.69) is 20.2 Å². The number of alkyl halides is 3. The van der Waals surface area contributed by atoms with Crippen LogP contribution in [0.1, 0.15) is 30.5 Å². The summed E-state index contributed by atoms with van der Waals surface area (Å²) < 4.78 is 38.0. The van der Waals surface area contributed by atoms with Crippen molar-refractivity contribution in [1.29, 1.82) is 0 Å². The predicted octanol–water partition coefficient (Wildman–Crippen LogP) is 4.45. The Morgan fingerprint density at radius 1 is 1.13 bits per heavy atom. The van der Waals surface area contributed by atoms with E-state index in [1.807, 2.05) is 6.07 Å². The van der Waals surface area contributed by atoms with E-state index in [0.29, 0.717) is 5.39 Å². The molecule has 1 fully saturated rings. The first-order chi connectivity index (χ1) is 14.9. The molecule has 0 bridgehead atoms. The number of rotatable bonds is 6. The lowest BCUT2D eigenvalue weighted by Crippen LogP contribution is -2.39. The molecule has 164 valence electrons. The van der Waals surface area contributed by atoms with E-state index in [0.717, 1.165) is 74.3 Å². The molecule has 31 heavy (non-hydrogen) atoms. The van der Waals surface area contributed by atoms with Gasteiger partial charge < -0.3 is 15.2 Å². The van der Waals surface area contributed by atoms with Gasteiger partial charge >= 0.3 is 6.18 Å². The Morgan fingerprint density at radius 3 is 2.58 bits per heavy atom. The first-order valence-electron chi connectivity index (χ1n) is 10.5. The van der Waals surface area contributed by atoms with E-state index in [1.165, 1.54) is 12.1 Å². The molecular weight excluding hydrogens is 405 g/mol. The van der Waals surface area contributed by atoms with Crippen molar-refractivity contribution >= 4 is 16.6 Å². The van der Waals surface area contributed by atoms with Gasteiger partial charge in [0.2, 0.25) is 0 Å². The molecule has 0 saturated carbocycles. The van der Waals surface area contributed by atoms with E-state index < -0.39 is 11.7 Å². The number of halogens is 3. The van der Waals surface area contributed by atoms with Gasteiger partial charge in [0.15, 0.2) is 0 Å². The highest BCUT2D eigenvalue weighted by Crippen LogP contribution is 2.30. The topological polar surface area (TPSA) is 61.0 Å². The molecule has 3 heterocycles. The quantitative estimate of drug-likeness (QED) is 0.607. The van der Waals surface area contributed by atoms with Crippen LogP contribution in [0, 0.1) is 0 Å². The molecule has 3 aromatic rings. The summed E-state index contributed by atoms with van der Waals surface area (Å²) in [5, 5.41) is 3.95. The number of fused-ring (bicyclic) bond motifs is 1. The lowest BCUT2D eigenvalue weighted by molar-refractivity contribution is -0.137. The number of H-pyrrole nitrogens is 1. The maximum atomic E-state index is 12.7. The third-order valence-electron chi connectivity index (χ3n) is 5.76. The molecule has 1 aliphatic rings. The molecule has 0 unspecified atom stereocenters. The Labute approximate surface area is 178 Å². The van der Waals surface area contributed by atoms with Crippen LogP contribution < -0.4 is 10.9 Å². The van der Waals surface area contributed by atoms with Crippen molar-refractivity contribution < 1.29 is 13.2 Å². The van der Waals surface area contributed by atoms with Gasteiger partial charge in [-0.15, -0.1) is 0 Å². The SMILES string of the molecule is O=c1[nH]c(CCCN2CCC(Nc3ccc(C(F)(F)F)cc3)CC2)cc2ncccc12. The summed E-state index contributed by atoms with van der Waals surface area (Å²) in [6, 6.07) is 10.9. The number of pyridine rings is 2. The average Bonchev–Trinajstić information content (AvgIpc) is 2.75. The summed E-state index contributed by atoms with van der Waals surface area (Å²) >= 11 is 0. The van der Waals surface area contributed by atoms with E-state index in [1.54, 1.807) is 18.3 Å². The molecule has 4 rings (SSSR count). The normalized spacial score (nSPS) is 16.0. The minimum absolute atomic E-state index is 0.101. The van der Waals surface area contributed by atoms with Crippen molar-refractivity contribution in [2.45, 2.75) is 37.9 Å². The number of nitrogens with zero attached hydrogens (tertiary/aromatic N) is 2. The molecule has 0 radical (unpaired) electrons. The van der Waals surface area contributed by atoms with Crippen LogP contribution in [0.5, 0.6) is 0 Å². The van der Waals surface area contributed by atoms with E-state index in [-0.39, 0.29) is 11.6 Å². The molecule has 1 aliphatic heterocycles. The van der Waals surface area contributed by atoms with Gasteiger partial charge in [0.25, 0.3) is 5.56 Å². The highest BCUT2D eigenvalue weighted by atomic mass is 19.4. The van der Waals surface area contributed by atoms with Crippen molar-refractivity contribution in [1.82, 2.24) is 14.9 Å². The van der Waals surface area contributed by atoms with Gasteiger partial charge in [-0.2, -0.15) is 13.2 Å². The number of benzene rings is 1. The monoisotopic (exact) mass is 430 g/mol. The minimum Gasteiger partial charge on any atom is -0.382 e. The molecule has 0 aliphatic carbocycles. The summed E-state index contributed by atoms with van der Waals surface area (Å²) in [7, 11) is 0. The van der Waals surface area contributed by atoms with Gasteiger partial charge in [-0.25, -0.2) is 0 Å². The number of hydrogen-bond acceptors (Lipinski definition) is 4. The third-order valence-corrected chi connectivity index (χ3v) is 5.76. The predicted molar refractivity (Wildman–Crippen MR) is 115 cm³/mol. The Kier molecular flexibility index (Phi) is 6.27. The number of piperidine rings is 1. The fourth-order valence-electron chi connectivity index (χ4n) is 4.06. The van der Waals surface area contributed by atoms with Gasteiger partial charge in [-0.05, 0) is 74.7 Å². The molecule has 2 aromatic heterocycles. The van der Waals surface area contributed by atoms with Gasteiger partial charge in [-0.1, -0.05) is 0 Å². The molecule has 1 saturated heterocycles. The first kappa shape index (κ1) is 21.4. The van der Waals surface area contributed by atoms with E-state index >= 15 is 0 Å². The molecule has 1 aromatic carbocycles. The van der Waals surface area contributed by atoms with Crippen molar-refractivity contribution in [3.05, 3.63) is 70.3 Å². The van der Waals surface area contributed by atoms with Gasteiger partial charge in [0, 0.05) is 36.7 Å². The first-order valence-corrected chi connectivity index (χ1v) is 10.5. The number of aromatic nitrogens is 2. The second-order valence-corrected chi connectivity index (χ2v) is 8.00. The molecule has 0 amide bonds. The minimum atomic E-state index is -4.31. The van der Waals surface area contributed by atoms with E-state index in [9.17, 15) is 18.0 Å². The van der Waals surface area contributed by atoms with Crippen LogP contribution in [-0.2, 0) is 12.6 Å². The zero-order valence-corrected chi connectivity index (χ0v) is 17.1. The number of likely N-dealkylation sites (tertiary alicyclic amines) is 1.